The van der Waals surface area contributed by atoms with Gasteiger partial charge in [-0.1, -0.05) is 18.2 Å². The molecule has 0 radical (unpaired) electrons. The SMILES string of the molecule is Cc1ccccc1Oc1nn(C(C)(C)C)c2ncnc(N)c12. The standard InChI is InChI=1S/C16H19N5O/c1-10-7-5-6-8-11(10)22-15-12-13(17)18-9-19-14(12)21(20-15)16(2,3)4/h5-9H,1-4H3,(H2,17,18,19). The molecule has 0 aliphatic carbocycles. The molecule has 6 heteroatoms. The summed E-state index contributed by atoms with van der Waals surface area (Å²) in [7, 11) is 0. The van der Waals surface area contributed by atoms with Crippen molar-refractivity contribution < 1.29 is 4.74 Å². The lowest BCUT2D eigenvalue weighted by molar-refractivity contribution is 0.349. The van der Waals surface area contributed by atoms with Gasteiger partial charge in [0.1, 0.15) is 23.3 Å². The molecule has 0 spiro atoms. The number of nitrogens with zero attached hydrogens (tertiary/aromatic N) is 4. The molecule has 3 rings (SSSR count). The summed E-state index contributed by atoms with van der Waals surface area (Å²) in [6.07, 6.45) is 1.44. The van der Waals surface area contributed by atoms with Crippen LogP contribution in [0.5, 0.6) is 11.6 Å². The maximum absolute atomic E-state index is 6.02. The van der Waals surface area contributed by atoms with E-state index < -0.39 is 0 Å². The molecule has 0 saturated heterocycles. The van der Waals surface area contributed by atoms with Crippen molar-refractivity contribution >= 4 is 16.9 Å². The number of para-hydroxylation sites is 1. The number of fused-ring (bicyclic) bond motifs is 1. The number of rotatable bonds is 2. The summed E-state index contributed by atoms with van der Waals surface area (Å²) < 4.78 is 7.80. The Morgan fingerprint density at radius 3 is 2.55 bits per heavy atom. The number of hydrogen-bond acceptors (Lipinski definition) is 5. The number of ether oxygens (including phenoxy) is 1. The topological polar surface area (TPSA) is 78.8 Å². The minimum Gasteiger partial charge on any atom is -0.437 e. The molecule has 22 heavy (non-hydrogen) atoms. The van der Waals surface area contributed by atoms with Gasteiger partial charge in [-0.15, -0.1) is 5.10 Å². The number of nitrogen functional groups attached to an aromatic ring is 1. The fourth-order valence-corrected chi connectivity index (χ4v) is 2.26. The van der Waals surface area contributed by atoms with Crippen molar-refractivity contribution in [3.8, 4) is 11.6 Å². The van der Waals surface area contributed by atoms with Crippen molar-refractivity contribution in [3.05, 3.63) is 36.2 Å². The van der Waals surface area contributed by atoms with Crippen molar-refractivity contribution in [2.45, 2.75) is 33.2 Å². The van der Waals surface area contributed by atoms with Crippen LogP contribution in [0.3, 0.4) is 0 Å². The van der Waals surface area contributed by atoms with Gasteiger partial charge in [-0.2, -0.15) is 0 Å². The molecule has 0 bridgehead atoms. The van der Waals surface area contributed by atoms with Gasteiger partial charge in [-0.25, -0.2) is 14.6 Å². The van der Waals surface area contributed by atoms with Crippen LogP contribution in [-0.2, 0) is 5.54 Å². The van der Waals surface area contributed by atoms with Gasteiger partial charge in [-0.3, -0.25) is 0 Å². The highest BCUT2D eigenvalue weighted by atomic mass is 16.5. The second-order valence-corrected chi connectivity index (χ2v) is 6.21. The molecule has 0 unspecified atom stereocenters. The van der Waals surface area contributed by atoms with Crippen LogP contribution in [0, 0.1) is 6.92 Å². The van der Waals surface area contributed by atoms with Gasteiger partial charge in [0.05, 0.1) is 5.54 Å². The summed E-state index contributed by atoms with van der Waals surface area (Å²) in [6, 6.07) is 7.77. The molecule has 0 aliphatic rings. The van der Waals surface area contributed by atoms with Gasteiger partial charge in [0.2, 0.25) is 0 Å². The Kier molecular flexibility index (Phi) is 3.24. The zero-order valence-corrected chi connectivity index (χ0v) is 13.2. The van der Waals surface area contributed by atoms with E-state index in [0.717, 1.165) is 11.3 Å². The van der Waals surface area contributed by atoms with E-state index in [-0.39, 0.29) is 5.54 Å². The minimum absolute atomic E-state index is 0.244. The first-order chi connectivity index (χ1) is 10.4. The third-order valence-electron chi connectivity index (χ3n) is 3.40. The molecular weight excluding hydrogens is 278 g/mol. The average molecular weight is 297 g/mol. The zero-order chi connectivity index (χ0) is 15.9. The molecule has 0 saturated carbocycles. The predicted octanol–water partition coefficient (Wildman–Crippen LogP) is 3.26. The number of aromatic nitrogens is 4. The number of anilines is 1. The highest BCUT2D eigenvalue weighted by Crippen LogP contribution is 2.34. The number of hydrogen-bond donors (Lipinski definition) is 1. The van der Waals surface area contributed by atoms with E-state index >= 15 is 0 Å². The van der Waals surface area contributed by atoms with Crippen molar-refractivity contribution in [2.75, 3.05) is 5.73 Å². The lowest BCUT2D eigenvalue weighted by Crippen LogP contribution is -2.23. The van der Waals surface area contributed by atoms with E-state index in [0.29, 0.717) is 22.7 Å². The smallest absolute Gasteiger partial charge is 0.251 e. The van der Waals surface area contributed by atoms with Crippen molar-refractivity contribution in [2.24, 2.45) is 0 Å². The van der Waals surface area contributed by atoms with Crippen molar-refractivity contribution in [1.82, 2.24) is 19.7 Å². The molecule has 2 aromatic heterocycles. The van der Waals surface area contributed by atoms with E-state index in [4.69, 9.17) is 10.5 Å². The van der Waals surface area contributed by atoms with Gasteiger partial charge in [0, 0.05) is 0 Å². The second kappa shape index (κ2) is 4.98. The number of benzene rings is 1. The molecular formula is C16H19N5O. The summed E-state index contributed by atoms with van der Waals surface area (Å²) in [6.45, 7) is 8.14. The van der Waals surface area contributed by atoms with E-state index in [9.17, 15) is 0 Å². The van der Waals surface area contributed by atoms with Crippen LogP contribution >= 0.6 is 0 Å². The molecule has 6 nitrogen and oxygen atoms in total. The quantitative estimate of drug-likeness (QED) is 0.785. The van der Waals surface area contributed by atoms with Crippen LogP contribution in [0.25, 0.3) is 11.0 Å². The number of nitrogens with two attached hydrogens (primary N) is 1. The van der Waals surface area contributed by atoms with Crippen LogP contribution in [0.15, 0.2) is 30.6 Å². The molecule has 0 fully saturated rings. The predicted molar refractivity (Wildman–Crippen MR) is 86.0 cm³/mol. The maximum atomic E-state index is 6.02. The molecule has 3 aromatic rings. The summed E-state index contributed by atoms with van der Waals surface area (Å²) in [4.78, 5) is 8.38. The van der Waals surface area contributed by atoms with E-state index in [1.165, 1.54) is 6.33 Å². The van der Waals surface area contributed by atoms with Gasteiger partial charge < -0.3 is 10.5 Å². The van der Waals surface area contributed by atoms with Crippen LogP contribution in [0.2, 0.25) is 0 Å². The van der Waals surface area contributed by atoms with E-state index in [1.807, 2.05) is 35.9 Å². The normalized spacial score (nSPS) is 11.8. The lowest BCUT2D eigenvalue weighted by Gasteiger charge is -2.19. The van der Waals surface area contributed by atoms with Crippen molar-refractivity contribution in [3.63, 3.8) is 0 Å². The Balaban J connectivity index is 2.20. The van der Waals surface area contributed by atoms with Crippen LogP contribution in [0.4, 0.5) is 5.82 Å². The van der Waals surface area contributed by atoms with Crippen LogP contribution in [-0.4, -0.2) is 19.7 Å². The molecule has 0 atom stereocenters. The summed E-state index contributed by atoms with van der Waals surface area (Å²) >= 11 is 0. The van der Waals surface area contributed by atoms with Crippen LogP contribution < -0.4 is 10.5 Å². The first-order valence-corrected chi connectivity index (χ1v) is 7.11. The maximum Gasteiger partial charge on any atom is 0.251 e. The molecule has 1 aromatic carbocycles. The third kappa shape index (κ3) is 2.36. The largest absolute Gasteiger partial charge is 0.437 e. The Labute approximate surface area is 128 Å². The van der Waals surface area contributed by atoms with E-state index in [1.54, 1.807) is 0 Å². The molecule has 0 aliphatic heterocycles. The minimum atomic E-state index is -0.244. The molecule has 2 N–H and O–H groups in total. The summed E-state index contributed by atoms with van der Waals surface area (Å²) in [5.74, 6) is 1.53. The Morgan fingerprint density at radius 1 is 1.14 bits per heavy atom. The van der Waals surface area contributed by atoms with Crippen LogP contribution in [0.1, 0.15) is 26.3 Å². The lowest BCUT2D eigenvalue weighted by atomic mass is 10.1. The molecule has 2 heterocycles. The Bertz CT molecular complexity index is 832. The summed E-state index contributed by atoms with van der Waals surface area (Å²) in [5, 5.41) is 5.21. The van der Waals surface area contributed by atoms with Crippen molar-refractivity contribution in [1.29, 1.82) is 0 Å². The monoisotopic (exact) mass is 297 g/mol. The van der Waals surface area contributed by atoms with Gasteiger partial charge >= 0.3 is 0 Å². The summed E-state index contributed by atoms with van der Waals surface area (Å²) in [5.41, 5.74) is 7.47. The first kappa shape index (κ1) is 14.3. The Morgan fingerprint density at radius 2 is 1.86 bits per heavy atom. The average Bonchev–Trinajstić information content (AvgIpc) is 2.82. The number of aryl methyl sites for hydroxylation is 1. The second-order valence-electron chi connectivity index (χ2n) is 6.21. The first-order valence-electron chi connectivity index (χ1n) is 7.11. The third-order valence-corrected chi connectivity index (χ3v) is 3.40. The van der Waals surface area contributed by atoms with E-state index in [2.05, 4.69) is 35.8 Å². The van der Waals surface area contributed by atoms with Gasteiger partial charge in [0.25, 0.3) is 5.88 Å². The zero-order valence-electron chi connectivity index (χ0n) is 13.2. The van der Waals surface area contributed by atoms with Gasteiger partial charge in [0.15, 0.2) is 5.65 Å². The molecule has 0 amide bonds. The molecule has 114 valence electrons. The fourth-order valence-electron chi connectivity index (χ4n) is 2.26. The Hall–Kier alpha value is -2.63. The highest BCUT2D eigenvalue weighted by molar-refractivity contribution is 5.91. The fraction of sp³-hybridized carbons (Fsp3) is 0.312. The van der Waals surface area contributed by atoms with Gasteiger partial charge in [-0.05, 0) is 39.3 Å². The highest BCUT2D eigenvalue weighted by Gasteiger charge is 2.24.